The average Bonchev–Trinajstić information content (AvgIpc) is 2.41. The molecule has 0 bridgehead atoms. The molecule has 1 aliphatic rings. The molecule has 0 aliphatic heterocycles. The number of hydrogen-bond donors (Lipinski definition) is 3. The third-order valence-corrected chi connectivity index (χ3v) is 3.46. The van der Waals surface area contributed by atoms with Crippen molar-refractivity contribution in [2.24, 2.45) is 11.8 Å². The number of nitrogens with one attached hydrogen (secondary N) is 2. The van der Waals surface area contributed by atoms with Crippen LogP contribution in [-0.4, -0.2) is 30.2 Å². The van der Waals surface area contributed by atoms with E-state index in [0.717, 1.165) is 25.7 Å². The number of carboxylic acids is 1. The lowest BCUT2D eigenvalue weighted by Crippen LogP contribution is -2.42. The number of hydrogen-bond acceptors (Lipinski definition) is 2. The molecule has 5 heteroatoms. The zero-order chi connectivity index (χ0) is 14.1. The molecule has 2 amide bonds. The molecule has 3 N–H and O–H groups in total. The van der Waals surface area contributed by atoms with Gasteiger partial charge in [0.05, 0.1) is 5.92 Å². The first kappa shape index (κ1) is 15.4. The van der Waals surface area contributed by atoms with Crippen molar-refractivity contribution in [1.29, 1.82) is 0 Å². The molecule has 1 rings (SSSR count). The molecule has 2 unspecified atom stereocenters. The molecule has 2 atom stereocenters. The summed E-state index contributed by atoms with van der Waals surface area (Å²) in [6.45, 7) is 2.71. The smallest absolute Gasteiger partial charge is 0.314 e. The molecule has 0 radical (unpaired) electrons. The maximum Gasteiger partial charge on any atom is 0.314 e. The van der Waals surface area contributed by atoms with E-state index < -0.39 is 5.97 Å². The third kappa shape index (κ3) is 5.64. The van der Waals surface area contributed by atoms with Crippen LogP contribution in [0.2, 0.25) is 0 Å². The van der Waals surface area contributed by atoms with E-state index in [4.69, 9.17) is 5.11 Å². The van der Waals surface area contributed by atoms with Gasteiger partial charge >= 0.3 is 12.0 Å². The van der Waals surface area contributed by atoms with Crippen molar-refractivity contribution < 1.29 is 14.7 Å². The predicted molar refractivity (Wildman–Crippen MR) is 72.6 cm³/mol. The van der Waals surface area contributed by atoms with Crippen LogP contribution in [0.15, 0.2) is 0 Å². The van der Waals surface area contributed by atoms with Crippen LogP contribution < -0.4 is 10.6 Å². The lowest BCUT2D eigenvalue weighted by Gasteiger charge is -2.28. The fraction of sp³-hybridized carbons (Fsp3) is 0.714. The number of rotatable bonds is 5. The molecule has 1 saturated carbocycles. The molecular weight excluding hydrogens is 244 g/mol. The highest BCUT2D eigenvalue weighted by atomic mass is 16.4. The molecule has 1 fully saturated rings. The van der Waals surface area contributed by atoms with Gasteiger partial charge in [-0.15, -0.1) is 11.8 Å². The number of carboxylic acid groups (broad SMARTS) is 1. The standard InChI is InChI=1S/C14H22N2O3/c1-2-3-6-9-15-14(19)16-10-11-7-4-5-8-12(11)13(17)18/h11-12H,4-10H2,1H3,(H,17,18)(H2,15,16,19). The third-order valence-electron chi connectivity index (χ3n) is 3.46. The Morgan fingerprint density at radius 3 is 2.68 bits per heavy atom. The Balaban J connectivity index is 2.27. The lowest BCUT2D eigenvalue weighted by atomic mass is 9.79. The van der Waals surface area contributed by atoms with Gasteiger partial charge in [0.15, 0.2) is 0 Å². The summed E-state index contributed by atoms with van der Waals surface area (Å²) in [5.41, 5.74) is 0. The van der Waals surface area contributed by atoms with Crippen LogP contribution >= 0.6 is 0 Å². The van der Waals surface area contributed by atoms with Crippen LogP contribution in [-0.2, 0) is 4.79 Å². The highest BCUT2D eigenvalue weighted by Crippen LogP contribution is 2.29. The minimum atomic E-state index is -0.745. The Hall–Kier alpha value is -1.70. The van der Waals surface area contributed by atoms with Gasteiger partial charge < -0.3 is 15.7 Å². The van der Waals surface area contributed by atoms with Crippen molar-refractivity contribution in [3.63, 3.8) is 0 Å². The Bertz CT molecular complexity index is 371. The molecular formula is C14H22N2O3. The zero-order valence-electron chi connectivity index (χ0n) is 11.4. The predicted octanol–water partition coefficient (Wildman–Crippen LogP) is 1.59. The molecule has 0 saturated heterocycles. The van der Waals surface area contributed by atoms with E-state index >= 15 is 0 Å². The molecule has 0 aromatic rings. The molecule has 106 valence electrons. The Morgan fingerprint density at radius 1 is 1.26 bits per heavy atom. The normalized spacial score (nSPS) is 21.9. The maximum absolute atomic E-state index is 11.5. The molecule has 1 aliphatic carbocycles. The minimum absolute atomic E-state index is 0.0485. The second-order valence-corrected chi connectivity index (χ2v) is 4.80. The van der Waals surface area contributed by atoms with E-state index in [1.165, 1.54) is 0 Å². The van der Waals surface area contributed by atoms with E-state index in [1.54, 1.807) is 6.92 Å². The molecule has 19 heavy (non-hydrogen) atoms. The summed E-state index contributed by atoms with van der Waals surface area (Å²) in [6, 6.07) is -0.243. The summed E-state index contributed by atoms with van der Waals surface area (Å²) in [6.07, 6.45) is 4.23. The SMILES string of the molecule is CC#CCCNC(=O)NCC1CCCCC1C(=O)O. The first-order valence-electron chi connectivity index (χ1n) is 6.79. The van der Waals surface area contributed by atoms with E-state index in [9.17, 15) is 9.59 Å². The summed E-state index contributed by atoms with van der Waals surface area (Å²) in [5.74, 6) is 4.60. The van der Waals surface area contributed by atoms with E-state index in [0.29, 0.717) is 19.5 Å². The number of urea groups is 1. The Morgan fingerprint density at radius 2 is 2.00 bits per heavy atom. The number of aliphatic carboxylic acids is 1. The van der Waals surface area contributed by atoms with E-state index in [2.05, 4.69) is 22.5 Å². The van der Waals surface area contributed by atoms with Gasteiger partial charge in [0.1, 0.15) is 0 Å². The minimum Gasteiger partial charge on any atom is -0.481 e. The van der Waals surface area contributed by atoms with Crippen LogP contribution in [0.1, 0.15) is 39.0 Å². The van der Waals surface area contributed by atoms with Crippen LogP contribution in [0.25, 0.3) is 0 Å². The van der Waals surface area contributed by atoms with E-state index in [-0.39, 0.29) is 17.9 Å². The van der Waals surface area contributed by atoms with Gasteiger partial charge in [0, 0.05) is 19.5 Å². The first-order valence-corrected chi connectivity index (χ1v) is 6.79. The fourth-order valence-electron chi connectivity index (χ4n) is 2.43. The second kappa shape index (κ2) is 8.41. The Kier molecular flexibility index (Phi) is 6.80. The fourth-order valence-corrected chi connectivity index (χ4v) is 2.43. The van der Waals surface area contributed by atoms with Crippen LogP contribution in [0.5, 0.6) is 0 Å². The van der Waals surface area contributed by atoms with Gasteiger partial charge in [-0.1, -0.05) is 12.8 Å². The number of amides is 2. The van der Waals surface area contributed by atoms with Crippen molar-refractivity contribution in [2.45, 2.75) is 39.0 Å². The number of carbonyl (C=O) groups excluding carboxylic acids is 1. The Labute approximate surface area is 114 Å². The van der Waals surface area contributed by atoms with Crippen molar-refractivity contribution in [1.82, 2.24) is 10.6 Å². The van der Waals surface area contributed by atoms with Gasteiger partial charge in [-0.25, -0.2) is 4.79 Å². The molecule has 5 nitrogen and oxygen atoms in total. The number of carbonyl (C=O) groups is 2. The molecule has 0 aromatic heterocycles. The van der Waals surface area contributed by atoms with Crippen LogP contribution in [0, 0.1) is 23.7 Å². The largest absolute Gasteiger partial charge is 0.481 e. The van der Waals surface area contributed by atoms with Crippen molar-refractivity contribution in [3.05, 3.63) is 0 Å². The first-order chi connectivity index (χ1) is 9.15. The zero-order valence-corrected chi connectivity index (χ0v) is 11.4. The summed E-state index contributed by atoms with van der Waals surface area (Å²) >= 11 is 0. The summed E-state index contributed by atoms with van der Waals surface area (Å²) in [7, 11) is 0. The summed E-state index contributed by atoms with van der Waals surface area (Å²) < 4.78 is 0. The average molecular weight is 266 g/mol. The van der Waals surface area contributed by atoms with Gasteiger partial charge in [-0.2, -0.15) is 0 Å². The quantitative estimate of drug-likeness (QED) is 0.522. The summed E-state index contributed by atoms with van der Waals surface area (Å²) in [5, 5.41) is 14.6. The van der Waals surface area contributed by atoms with Gasteiger partial charge in [0.2, 0.25) is 0 Å². The van der Waals surface area contributed by atoms with Gasteiger partial charge in [-0.3, -0.25) is 4.79 Å². The van der Waals surface area contributed by atoms with Gasteiger partial charge in [-0.05, 0) is 25.7 Å². The molecule has 0 spiro atoms. The topological polar surface area (TPSA) is 78.4 Å². The highest BCUT2D eigenvalue weighted by molar-refractivity contribution is 5.74. The summed E-state index contributed by atoms with van der Waals surface area (Å²) in [4.78, 5) is 22.6. The monoisotopic (exact) mass is 266 g/mol. The van der Waals surface area contributed by atoms with Crippen LogP contribution in [0.3, 0.4) is 0 Å². The maximum atomic E-state index is 11.5. The van der Waals surface area contributed by atoms with Crippen molar-refractivity contribution in [3.8, 4) is 11.8 Å². The van der Waals surface area contributed by atoms with Crippen molar-refractivity contribution in [2.75, 3.05) is 13.1 Å². The van der Waals surface area contributed by atoms with E-state index in [1.807, 2.05) is 0 Å². The van der Waals surface area contributed by atoms with Crippen molar-refractivity contribution >= 4 is 12.0 Å². The van der Waals surface area contributed by atoms with Crippen LogP contribution in [0.4, 0.5) is 4.79 Å². The second-order valence-electron chi connectivity index (χ2n) is 4.80. The lowest BCUT2D eigenvalue weighted by molar-refractivity contribution is -0.144. The van der Waals surface area contributed by atoms with Gasteiger partial charge in [0.25, 0.3) is 0 Å². The molecule has 0 aromatic carbocycles. The highest BCUT2D eigenvalue weighted by Gasteiger charge is 2.30. The molecule has 0 heterocycles.